The zero-order chi connectivity index (χ0) is 12.0. The number of aromatic amines is 1. The summed E-state index contributed by atoms with van der Waals surface area (Å²) < 4.78 is 1.81. The van der Waals surface area contributed by atoms with Crippen molar-refractivity contribution >= 4 is 0 Å². The van der Waals surface area contributed by atoms with Crippen LogP contribution >= 0.6 is 0 Å². The SMILES string of the molecule is Cc1nn(C)cc1-c1nc2c([nH]1)CCCC2N. The molecule has 2 aromatic rings. The van der Waals surface area contributed by atoms with Gasteiger partial charge < -0.3 is 10.7 Å². The van der Waals surface area contributed by atoms with Gasteiger partial charge in [-0.1, -0.05) is 0 Å². The van der Waals surface area contributed by atoms with Gasteiger partial charge in [-0.2, -0.15) is 5.10 Å². The first kappa shape index (κ1) is 10.5. The van der Waals surface area contributed by atoms with Crippen LogP contribution in [-0.4, -0.2) is 19.7 Å². The maximum Gasteiger partial charge on any atom is 0.141 e. The number of hydrogen-bond acceptors (Lipinski definition) is 3. The third-order valence-electron chi connectivity index (χ3n) is 3.37. The number of H-pyrrole nitrogens is 1. The van der Waals surface area contributed by atoms with Crippen LogP contribution in [-0.2, 0) is 13.5 Å². The summed E-state index contributed by atoms with van der Waals surface area (Å²) in [6.45, 7) is 2.00. The zero-order valence-electron chi connectivity index (χ0n) is 10.2. The normalized spacial score (nSPS) is 19.4. The van der Waals surface area contributed by atoms with E-state index in [1.54, 1.807) is 0 Å². The minimum atomic E-state index is 0.0840. The fourth-order valence-corrected chi connectivity index (χ4v) is 2.52. The van der Waals surface area contributed by atoms with Crippen LogP contribution in [0.1, 0.15) is 36.0 Å². The molecular weight excluding hydrogens is 214 g/mol. The van der Waals surface area contributed by atoms with E-state index in [0.717, 1.165) is 42.0 Å². The molecule has 0 bridgehead atoms. The fraction of sp³-hybridized carbons (Fsp3) is 0.500. The molecule has 0 spiro atoms. The Morgan fingerprint density at radius 1 is 1.53 bits per heavy atom. The Balaban J connectivity index is 2.08. The van der Waals surface area contributed by atoms with Crippen molar-refractivity contribution in [1.29, 1.82) is 0 Å². The minimum absolute atomic E-state index is 0.0840. The zero-order valence-corrected chi connectivity index (χ0v) is 10.2. The maximum absolute atomic E-state index is 6.08. The van der Waals surface area contributed by atoms with Crippen LogP contribution in [0, 0.1) is 6.92 Å². The van der Waals surface area contributed by atoms with Crippen molar-refractivity contribution in [1.82, 2.24) is 19.7 Å². The average Bonchev–Trinajstić information content (AvgIpc) is 2.82. The molecule has 5 nitrogen and oxygen atoms in total. The highest BCUT2D eigenvalue weighted by atomic mass is 15.3. The number of nitrogens with two attached hydrogens (primary N) is 1. The molecule has 0 saturated heterocycles. The summed E-state index contributed by atoms with van der Waals surface area (Å²) in [5, 5.41) is 4.34. The Bertz CT molecular complexity index is 551. The quantitative estimate of drug-likeness (QED) is 0.780. The summed E-state index contributed by atoms with van der Waals surface area (Å²) in [6, 6.07) is 0.0840. The van der Waals surface area contributed by atoms with Crippen LogP contribution < -0.4 is 5.73 Å². The topological polar surface area (TPSA) is 72.5 Å². The van der Waals surface area contributed by atoms with Crippen molar-refractivity contribution in [3.8, 4) is 11.4 Å². The molecule has 0 fully saturated rings. The van der Waals surface area contributed by atoms with Gasteiger partial charge in [-0.3, -0.25) is 4.68 Å². The monoisotopic (exact) mass is 231 g/mol. The van der Waals surface area contributed by atoms with Crippen molar-refractivity contribution in [2.45, 2.75) is 32.2 Å². The van der Waals surface area contributed by atoms with Gasteiger partial charge in [0.2, 0.25) is 0 Å². The summed E-state index contributed by atoms with van der Waals surface area (Å²) in [4.78, 5) is 8.03. The fourth-order valence-electron chi connectivity index (χ4n) is 2.52. The number of rotatable bonds is 1. The number of nitrogens with zero attached hydrogens (tertiary/aromatic N) is 3. The highest BCUT2D eigenvalue weighted by molar-refractivity contribution is 5.58. The standard InChI is InChI=1S/C12H17N5/c1-7-8(6-17(2)16-7)12-14-10-5-3-4-9(13)11(10)15-12/h6,9H,3-5,13H2,1-2H3,(H,14,15). The van der Waals surface area contributed by atoms with Crippen LogP contribution in [0.25, 0.3) is 11.4 Å². The second-order valence-corrected chi connectivity index (χ2v) is 4.75. The van der Waals surface area contributed by atoms with Gasteiger partial charge in [0.25, 0.3) is 0 Å². The lowest BCUT2D eigenvalue weighted by Gasteiger charge is -2.15. The van der Waals surface area contributed by atoms with Gasteiger partial charge in [-0.15, -0.1) is 0 Å². The number of fused-ring (bicyclic) bond motifs is 1. The van der Waals surface area contributed by atoms with E-state index in [2.05, 4.69) is 15.1 Å². The summed E-state index contributed by atoms with van der Waals surface area (Å²) >= 11 is 0. The molecule has 0 amide bonds. The smallest absolute Gasteiger partial charge is 0.141 e. The predicted octanol–water partition coefficient (Wildman–Crippen LogP) is 1.45. The third kappa shape index (κ3) is 1.67. The molecule has 0 saturated carbocycles. The lowest BCUT2D eigenvalue weighted by molar-refractivity contribution is 0.555. The molecule has 0 aromatic carbocycles. The molecule has 17 heavy (non-hydrogen) atoms. The lowest BCUT2D eigenvalue weighted by Crippen LogP contribution is -2.17. The van der Waals surface area contributed by atoms with Gasteiger partial charge in [0.05, 0.1) is 17.0 Å². The van der Waals surface area contributed by atoms with Crippen molar-refractivity contribution < 1.29 is 0 Å². The second-order valence-electron chi connectivity index (χ2n) is 4.75. The van der Waals surface area contributed by atoms with Gasteiger partial charge >= 0.3 is 0 Å². The van der Waals surface area contributed by atoms with E-state index in [0.29, 0.717) is 0 Å². The summed E-state index contributed by atoms with van der Waals surface area (Å²) in [6.07, 6.45) is 5.21. The average molecular weight is 231 g/mol. The minimum Gasteiger partial charge on any atom is -0.341 e. The van der Waals surface area contributed by atoms with Crippen molar-refractivity contribution in [2.24, 2.45) is 12.8 Å². The highest BCUT2D eigenvalue weighted by Crippen LogP contribution is 2.29. The molecule has 3 rings (SSSR count). The van der Waals surface area contributed by atoms with E-state index in [1.165, 1.54) is 5.69 Å². The van der Waals surface area contributed by atoms with Crippen molar-refractivity contribution in [3.63, 3.8) is 0 Å². The van der Waals surface area contributed by atoms with Crippen LogP contribution in [0.2, 0.25) is 0 Å². The molecule has 0 aliphatic heterocycles. The maximum atomic E-state index is 6.08. The molecule has 90 valence electrons. The van der Waals surface area contributed by atoms with Gasteiger partial charge in [0.1, 0.15) is 5.82 Å². The first-order chi connectivity index (χ1) is 8.15. The molecule has 3 N–H and O–H groups in total. The van der Waals surface area contributed by atoms with E-state index < -0.39 is 0 Å². The first-order valence-corrected chi connectivity index (χ1v) is 6.00. The number of nitrogens with one attached hydrogen (secondary N) is 1. The number of imidazole rings is 1. The lowest BCUT2D eigenvalue weighted by atomic mass is 9.97. The molecule has 5 heteroatoms. The van der Waals surface area contributed by atoms with E-state index in [1.807, 2.05) is 24.9 Å². The van der Waals surface area contributed by atoms with Crippen molar-refractivity contribution in [2.75, 3.05) is 0 Å². The Kier molecular flexibility index (Phi) is 2.29. The summed E-state index contributed by atoms with van der Waals surface area (Å²) in [5.74, 6) is 0.901. The van der Waals surface area contributed by atoms with E-state index >= 15 is 0 Å². The summed E-state index contributed by atoms with van der Waals surface area (Å²) in [5.41, 5.74) is 10.4. The molecule has 1 aliphatic carbocycles. The second kappa shape index (κ2) is 3.70. The Hall–Kier alpha value is -1.62. The molecule has 2 heterocycles. The van der Waals surface area contributed by atoms with Crippen molar-refractivity contribution in [3.05, 3.63) is 23.3 Å². The Morgan fingerprint density at radius 2 is 2.35 bits per heavy atom. The van der Waals surface area contributed by atoms with Gasteiger partial charge in [0, 0.05) is 25.0 Å². The highest BCUT2D eigenvalue weighted by Gasteiger charge is 2.22. The van der Waals surface area contributed by atoms with Gasteiger partial charge in [-0.25, -0.2) is 4.98 Å². The molecular formula is C12H17N5. The first-order valence-electron chi connectivity index (χ1n) is 6.00. The predicted molar refractivity (Wildman–Crippen MR) is 65.4 cm³/mol. The molecule has 1 unspecified atom stereocenters. The number of hydrogen-bond donors (Lipinski definition) is 2. The van der Waals surface area contributed by atoms with Crippen LogP contribution in [0.3, 0.4) is 0 Å². The molecule has 2 aromatic heterocycles. The third-order valence-corrected chi connectivity index (χ3v) is 3.37. The molecule has 0 radical (unpaired) electrons. The van der Waals surface area contributed by atoms with Crippen LogP contribution in [0.5, 0.6) is 0 Å². The van der Waals surface area contributed by atoms with E-state index in [4.69, 9.17) is 5.73 Å². The number of aryl methyl sites for hydroxylation is 3. The van der Waals surface area contributed by atoms with E-state index in [-0.39, 0.29) is 6.04 Å². The molecule has 1 aliphatic rings. The van der Waals surface area contributed by atoms with Gasteiger partial charge in [-0.05, 0) is 26.2 Å². The largest absolute Gasteiger partial charge is 0.341 e. The number of aromatic nitrogens is 4. The van der Waals surface area contributed by atoms with E-state index in [9.17, 15) is 0 Å². The van der Waals surface area contributed by atoms with Gasteiger partial charge in [0.15, 0.2) is 0 Å². The van der Waals surface area contributed by atoms with Crippen LogP contribution in [0.4, 0.5) is 0 Å². The Labute approximate surface area is 100 Å². The van der Waals surface area contributed by atoms with Crippen LogP contribution in [0.15, 0.2) is 6.20 Å². The Morgan fingerprint density at radius 3 is 3.00 bits per heavy atom. The molecule has 1 atom stereocenters. The summed E-state index contributed by atoms with van der Waals surface area (Å²) in [7, 11) is 1.92.